The van der Waals surface area contributed by atoms with Gasteiger partial charge in [0, 0.05) is 0 Å². The molecule has 3 heteroatoms. The summed E-state index contributed by atoms with van der Waals surface area (Å²) in [6.07, 6.45) is 1.06. The molecule has 0 radical (unpaired) electrons. The molecule has 0 aliphatic rings. The summed E-state index contributed by atoms with van der Waals surface area (Å²) in [5.74, 6) is 0. The molecule has 0 heterocycles. The standard InChI is InChI=1S/C3H7O2P/c1-2-3-6(4)5/h2-3H2,1H3/q-2. The Hall–Kier alpha value is 0.350. The first-order valence-electron chi connectivity index (χ1n) is 1.89. The highest BCUT2D eigenvalue weighted by atomic mass is 31.2. The summed E-state index contributed by atoms with van der Waals surface area (Å²) in [6, 6.07) is 0. The van der Waals surface area contributed by atoms with Gasteiger partial charge in [-0.15, -0.1) is 0 Å². The Morgan fingerprint density at radius 2 is 2.00 bits per heavy atom. The normalized spacial score (nSPS) is 10.0. The molecular formula is C3H7O2P-2. The first kappa shape index (κ1) is 6.35. The Labute approximate surface area is 38.7 Å². The van der Waals surface area contributed by atoms with E-state index < -0.39 is 8.38 Å². The van der Waals surface area contributed by atoms with E-state index in [9.17, 15) is 9.79 Å². The highest BCUT2D eigenvalue weighted by molar-refractivity contribution is 7.41. The molecule has 0 fully saturated rings. The highest BCUT2D eigenvalue weighted by Crippen LogP contribution is 2.10. The second-order valence-corrected chi connectivity index (χ2v) is 2.17. The molecule has 0 aromatic carbocycles. The van der Waals surface area contributed by atoms with Crippen LogP contribution in [-0.2, 0) is 0 Å². The molecule has 38 valence electrons. The Kier molecular flexibility index (Phi) is 3.74. The summed E-state index contributed by atoms with van der Waals surface area (Å²) >= 11 is 0. The molecule has 0 rings (SSSR count). The third-order valence-corrected chi connectivity index (χ3v) is 1.22. The third-order valence-electron chi connectivity index (χ3n) is 0.406. The lowest BCUT2D eigenvalue weighted by atomic mass is 10.6. The molecule has 0 atom stereocenters. The van der Waals surface area contributed by atoms with Gasteiger partial charge in [0.25, 0.3) is 0 Å². The fraction of sp³-hybridized carbons (Fsp3) is 1.00. The van der Waals surface area contributed by atoms with Crippen LogP contribution in [0.25, 0.3) is 0 Å². The van der Waals surface area contributed by atoms with Crippen molar-refractivity contribution in [3.63, 3.8) is 0 Å². The average Bonchev–Trinajstić information content (AvgIpc) is 1.35. The van der Waals surface area contributed by atoms with Crippen molar-refractivity contribution in [2.75, 3.05) is 6.16 Å². The van der Waals surface area contributed by atoms with Crippen molar-refractivity contribution in [3.05, 3.63) is 0 Å². The van der Waals surface area contributed by atoms with Crippen LogP contribution in [0.2, 0.25) is 0 Å². The fourth-order valence-electron chi connectivity index (χ4n) is 0.183. The summed E-state index contributed by atoms with van der Waals surface area (Å²) in [4.78, 5) is 19.3. The van der Waals surface area contributed by atoms with E-state index in [4.69, 9.17) is 0 Å². The van der Waals surface area contributed by atoms with Gasteiger partial charge in [-0.1, -0.05) is 19.5 Å². The van der Waals surface area contributed by atoms with Crippen molar-refractivity contribution in [3.8, 4) is 0 Å². The molecule has 0 bridgehead atoms. The van der Waals surface area contributed by atoms with Crippen LogP contribution in [0.5, 0.6) is 0 Å². The van der Waals surface area contributed by atoms with Crippen molar-refractivity contribution >= 4 is 8.38 Å². The minimum Gasteiger partial charge on any atom is -0.842 e. The summed E-state index contributed by atoms with van der Waals surface area (Å²) in [6.45, 7) is 1.84. The van der Waals surface area contributed by atoms with Crippen LogP contribution in [0.3, 0.4) is 0 Å². The minimum absolute atomic E-state index is 0.329. The van der Waals surface area contributed by atoms with E-state index in [2.05, 4.69) is 0 Å². The summed E-state index contributed by atoms with van der Waals surface area (Å²) < 4.78 is 0. The van der Waals surface area contributed by atoms with E-state index in [0.717, 1.165) is 6.42 Å². The molecule has 6 heavy (non-hydrogen) atoms. The quantitative estimate of drug-likeness (QED) is 0.442. The molecule has 0 aromatic heterocycles. The highest BCUT2D eigenvalue weighted by Gasteiger charge is 1.67. The van der Waals surface area contributed by atoms with Gasteiger partial charge >= 0.3 is 0 Å². The second kappa shape index (κ2) is 3.54. The first-order chi connectivity index (χ1) is 2.77. The molecule has 0 aromatic rings. The molecule has 0 aliphatic heterocycles. The zero-order valence-electron chi connectivity index (χ0n) is 3.68. The molecular weight excluding hydrogens is 99.0 g/mol. The second-order valence-electron chi connectivity index (χ2n) is 1.06. The number of hydrogen-bond acceptors (Lipinski definition) is 2. The predicted molar refractivity (Wildman–Crippen MR) is 22.1 cm³/mol. The van der Waals surface area contributed by atoms with Crippen LogP contribution in [0.4, 0.5) is 0 Å². The fourth-order valence-corrected chi connectivity index (χ4v) is 0.548. The largest absolute Gasteiger partial charge is 0.842 e. The summed E-state index contributed by atoms with van der Waals surface area (Å²) in [5, 5.41) is 0. The van der Waals surface area contributed by atoms with Gasteiger partial charge in [0.05, 0.1) is 0 Å². The van der Waals surface area contributed by atoms with Gasteiger partial charge in [-0.3, -0.25) is 0 Å². The van der Waals surface area contributed by atoms with E-state index >= 15 is 0 Å². The Bertz CT molecular complexity index is 30.0. The van der Waals surface area contributed by atoms with Gasteiger partial charge in [-0.25, -0.2) is 0 Å². The van der Waals surface area contributed by atoms with Crippen LogP contribution >= 0.6 is 8.38 Å². The molecule has 0 saturated heterocycles. The predicted octanol–water partition coefficient (Wildman–Crippen LogP) is -0.571. The number of hydrogen-bond donors (Lipinski definition) is 0. The maximum Gasteiger partial charge on any atom is -0.0545 e. The van der Waals surface area contributed by atoms with Crippen LogP contribution < -0.4 is 9.79 Å². The lowest BCUT2D eigenvalue weighted by Crippen LogP contribution is -2.09. The minimum atomic E-state index is -2.10. The maximum absolute atomic E-state index is 9.64. The van der Waals surface area contributed by atoms with E-state index in [1.54, 1.807) is 0 Å². The Morgan fingerprint density at radius 1 is 1.50 bits per heavy atom. The third kappa shape index (κ3) is 4.35. The van der Waals surface area contributed by atoms with Gasteiger partial charge in [-0.05, 0) is 0 Å². The zero-order chi connectivity index (χ0) is 4.99. The smallest absolute Gasteiger partial charge is 0.0545 e. The van der Waals surface area contributed by atoms with Crippen molar-refractivity contribution < 1.29 is 9.79 Å². The van der Waals surface area contributed by atoms with Crippen LogP contribution in [0, 0.1) is 0 Å². The zero-order valence-corrected chi connectivity index (χ0v) is 4.57. The van der Waals surface area contributed by atoms with E-state index in [-0.39, 0.29) is 0 Å². The topological polar surface area (TPSA) is 46.1 Å². The SMILES string of the molecule is CCCP([O-])[O-]. The molecule has 0 amide bonds. The number of rotatable bonds is 2. The van der Waals surface area contributed by atoms with Crippen LogP contribution in [0.15, 0.2) is 0 Å². The van der Waals surface area contributed by atoms with Gasteiger partial charge < -0.3 is 18.2 Å². The van der Waals surface area contributed by atoms with Crippen molar-refractivity contribution in [1.82, 2.24) is 0 Å². The Balaban J connectivity index is 2.63. The molecule has 0 spiro atoms. The monoisotopic (exact) mass is 106 g/mol. The molecule has 0 N–H and O–H groups in total. The van der Waals surface area contributed by atoms with Crippen molar-refractivity contribution in [2.24, 2.45) is 0 Å². The van der Waals surface area contributed by atoms with E-state index in [0.29, 0.717) is 6.16 Å². The molecule has 0 saturated carbocycles. The molecule has 0 aliphatic carbocycles. The Morgan fingerprint density at radius 3 is 2.00 bits per heavy atom. The first-order valence-corrected chi connectivity index (χ1v) is 3.25. The van der Waals surface area contributed by atoms with Crippen LogP contribution in [0.1, 0.15) is 13.3 Å². The maximum atomic E-state index is 9.64. The van der Waals surface area contributed by atoms with E-state index in [1.165, 1.54) is 0 Å². The van der Waals surface area contributed by atoms with Crippen molar-refractivity contribution in [2.45, 2.75) is 13.3 Å². The van der Waals surface area contributed by atoms with Crippen molar-refractivity contribution in [1.29, 1.82) is 0 Å². The van der Waals surface area contributed by atoms with Crippen LogP contribution in [-0.4, -0.2) is 6.16 Å². The average molecular weight is 106 g/mol. The molecule has 2 nitrogen and oxygen atoms in total. The van der Waals surface area contributed by atoms with Gasteiger partial charge in [0.15, 0.2) is 0 Å². The lowest BCUT2D eigenvalue weighted by molar-refractivity contribution is -0.292. The summed E-state index contributed by atoms with van der Waals surface area (Å²) in [5.41, 5.74) is 0. The molecule has 0 unspecified atom stereocenters. The van der Waals surface area contributed by atoms with E-state index in [1.807, 2.05) is 6.92 Å². The van der Waals surface area contributed by atoms with Gasteiger partial charge in [0.2, 0.25) is 0 Å². The van der Waals surface area contributed by atoms with Gasteiger partial charge in [0.1, 0.15) is 0 Å². The summed E-state index contributed by atoms with van der Waals surface area (Å²) in [7, 11) is -2.10. The van der Waals surface area contributed by atoms with Gasteiger partial charge in [-0.2, -0.15) is 0 Å². The lowest BCUT2D eigenvalue weighted by Gasteiger charge is -2.29.